The van der Waals surface area contributed by atoms with Crippen LogP contribution in [-0.4, -0.2) is 22.2 Å². The van der Waals surface area contributed by atoms with Gasteiger partial charge in [-0.25, -0.2) is 0 Å². The minimum absolute atomic E-state index is 0.185. The average Bonchev–Trinajstić information content (AvgIpc) is 2.26. The van der Waals surface area contributed by atoms with Crippen LogP contribution < -0.4 is 5.73 Å². The summed E-state index contributed by atoms with van der Waals surface area (Å²) in [6.45, 7) is 1.54. The monoisotopic (exact) mass is 241 g/mol. The van der Waals surface area contributed by atoms with E-state index in [1.54, 1.807) is 12.1 Å². The largest absolute Gasteiger partial charge is 0.379 e. The van der Waals surface area contributed by atoms with E-state index in [9.17, 15) is 14.7 Å². The Kier molecular flexibility index (Phi) is 4.18. The molecular formula is C11H12ClNO3. The first kappa shape index (κ1) is 12.8. The van der Waals surface area contributed by atoms with Gasteiger partial charge in [-0.1, -0.05) is 24.3 Å². The van der Waals surface area contributed by atoms with Crippen molar-refractivity contribution in [2.24, 2.45) is 5.73 Å². The topological polar surface area (TPSA) is 80.4 Å². The molecule has 0 fully saturated rings. The minimum Gasteiger partial charge on any atom is -0.379 e. The summed E-state index contributed by atoms with van der Waals surface area (Å²) >= 11 is 5.19. The van der Waals surface area contributed by atoms with Crippen molar-refractivity contribution >= 4 is 22.6 Å². The Morgan fingerprint density at radius 1 is 1.38 bits per heavy atom. The lowest BCUT2D eigenvalue weighted by molar-refractivity contribution is -0.119. The SMILES string of the molecule is C[C@H](N)C(=O)c1ccccc1C(O)C(=O)Cl. The van der Waals surface area contributed by atoms with Gasteiger partial charge in [0.25, 0.3) is 5.24 Å². The van der Waals surface area contributed by atoms with Gasteiger partial charge in [0.15, 0.2) is 11.9 Å². The van der Waals surface area contributed by atoms with Gasteiger partial charge in [-0.3, -0.25) is 9.59 Å². The van der Waals surface area contributed by atoms with Crippen LogP contribution in [0.3, 0.4) is 0 Å². The zero-order valence-corrected chi connectivity index (χ0v) is 9.44. The molecule has 16 heavy (non-hydrogen) atoms. The fourth-order valence-corrected chi connectivity index (χ4v) is 1.44. The maximum atomic E-state index is 11.7. The molecule has 5 heteroatoms. The highest BCUT2D eigenvalue weighted by Crippen LogP contribution is 2.21. The molecule has 3 N–H and O–H groups in total. The molecule has 0 aliphatic rings. The van der Waals surface area contributed by atoms with Crippen LogP contribution in [-0.2, 0) is 4.79 Å². The minimum atomic E-state index is -1.50. The van der Waals surface area contributed by atoms with E-state index >= 15 is 0 Å². The third kappa shape index (κ3) is 2.66. The van der Waals surface area contributed by atoms with Gasteiger partial charge in [-0.15, -0.1) is 0 Å². The molecule has 0 amide bonds. The summed E-state index contributed by atoms with van der Waals surface area (Å²) in [5.41, 5.74) is 5.87. The van der Waals surface area contributed by atoms with E-state index in [0.29, 0.717) is 0 Å². The number of hydrogen-bond donors (Lipinski definition) is 2. The highest BCUT2D eigenvalue weighted by Gasteiger charge is 2.22. The number of halogens is 1. The van der Waals surface area contributed by atoms with Crippen LogP contribution in [0.15, 0.2) is 24.3 Å². The fraction of sp³-hybridized carbons (Fsp3) is 0.273. The van der Waals surface area contributed by atoms with Crippen molar-refractivity contribution in [1.29, 1.82) is 0 Å². The lowest BCUT2D eigenvalue weighted by Crippen LogP contribution is -2.28. The summed E-state index contributed by atoms with van der Waals surface area (Å²) in [7, 11) is 0. The summed E-state index contributed by atoms with van der Waals surface area (Å²) in [5.74, 6) is -0.340. The standard InChI is InChI=1S/C11H12ClNO3/c1-6(13)9(14)7-4-2-3-5-8(7)10(15)11(12)16/h2-6,10,15H,13H2,1H3/t6-,10?/m0/s1. The number of nitrogens with two attached hydrogens (primary N) is 1. The van der Waals surface area contributed by atoms with Gasteiger partial charge in [0.05, 0.1) is 6.04 Å². The van der Waals surface area contributed by atoms with Crippen LogP contribution in [0.4, 0.5) is 0 Å². The molecule has 0 radical (unpaired) electrons. The number of Topliss-reactive ketones (excluding diaryl/α,β-unsaturated/α-hetero) is 1. The van der Waals surface area contributed by atoms with Crippen molar-refractivity contribution in [3.05, 3.63) is 35.4 Å². The molecule has 0 bridgehead atoms. The van der Waals surface area contributed by atoms with E-state index < -0.39 is 17.4 Å². The molecular weight excluding hydrogens is 230 g/mol. The highest BCUT2D eigenvalue weighted by atomic mass is 35.5. The van der Waals surface area contributed by atoms with Crippen LogP contribution >= 0.6 is 11.6 Å². The molecule has 1 aromatic rings. The smallest absolute Gasteiger partial charge is 0.254 e. The number of aliphatic hydroxyl groups is 1. The van der Waals surface area contributed by atoms with Crippen LogP contribution in [0.2, 0.25) is 0 Å². The molecule has 0 aliphatic heterocycles. The Bertz CT molecular complexity index is 417. The van der Waals surface area contributed by atoms with Gasteiger partial charge >= 0.3 is 0 Å². The van der Waals surface area contributed by atoms with Crippen molar-refractivity contribution in [2.45, 2.75) is 19.1 Å². The van der Waals surface area contributed by atoms with Crippen molar-refractivity contribution in [2.75, 3.05) is 0 Å². The maximum absolute atomic E-state index is 11.7. The predicted octanol–water partition coefficient (Wildman–Crippen LogP) is 1.02. The van der Waals surface area contributed by atoms with Crippen molar-refractivity contribution < 1.29 is 14.7 Å². The Hall–Kier alpha value is -1.23. The Labute approximate surface area is 98.0 Å². The van der Waals surface area contributed by atoms with Gasteiger partial charge in [-0.05, 0) is 18.5 Å². The molecule has 0 aliphatic carbocycles. The number of benzene rings is 1. The maximum Gasteiger partial charge on any atom is 0.254 e. The Balaban J connectivity index is 3.20. The average molecular weight is 242 g/mol. The summed E-state index contributed by atoms with van der Waals surface area (Å²) in [6.07, 6.45) is -1.50. The van der Waals surface area contributed by atoms with Gasteiger partial charge < -0.3 is 10.8 Å². The number of rotatable bonds is 4. The molecule has 4 nitrogen and oxygen atoms in total. The van der Waals surface area contributed by atoms with E-state index in [4.69, 9.17) is 17.3 Å². The molecule has 2 atom stereocenters. The molecule has 86 valence electrons. The van der Waals surface area contributed by atoms with E-state index in [1.165, 1.54) is 19.1 Å². The highest BCUT2D eigenvalue weighted by molar-refractivity contribution is 6.64. The second kappa shape index (κ2) is 5.21. The van der Waals surface area contributed by atoms with Crippen LogP contribution in [0, 0.1) is 0 Å². The second-order valence-electron chi connectivity index (χ2n) is 3.45. The van der Waals surface area contributed by atoms with Gasteiger partial charge in [0, 0.05) is 11.1 Å². The molecule has 0 saturated carbocycles. The van der Waals surface area contributed by atoms with Gasteiger partial charge in [0.1, 0.15) is 0 Å². The molecule has 0 aromatic heterocycles. The third-order valence-corrected chi connectivity index (χ3v) is 2.36. The molecule has 0 spiro atoms. The Morgan fingerprint density at radius 3 is 2.44 bits per heavy atom. The van der Waals surface area contributed by atoms with E-state index in [-0.39, 0.29) is 16.9 Å². The lowest BCUT2D eigenvalue weighted by Gasteiger charge is -2.12. The molecule has 1 aromatic carbocycles. The van der Waals surface area contributed by atoms with Crippen LogP contribution in [0.5, 0.6) is 0 Å². The zero-order valence-electron chi connectivity index (χ0n) is 8.68. The van der Waals surface area contributed by atoms with Crippen molar-refractivity contribution in [1.82, 2.24) is 0 Å². The summed E-state index contributed by atoms with van der Waals surface area (Å²) < 4.78 is 0. The molecule has 0 heterocycles. The zero-order chi connectivity index (χ0) is 12.3. The predicted molar refractivity (Wildman–Crippen MR) is 60.2 cm³/mol. The number of aliphatic hydroxyl groups excluding tert-OH is 1. The first-order valence-corrected chi connectivity index (χ1v) is 5.09. The molecule has 1 unspecified atom stereocenters. The number of carbonyl (C=O) groups is 2. The quantitative estimate of drug-likeness (QED) is 0.609. The number of hydrogen-bond acceptors (Lipinski definition) is 4. The first-order valence-electron chi connectivity index (χ1n) is 4.71. The van der Waals surface area contributed by atoms with Crippen molar-refractivity contribution in [3.63, 3.8) is 0 Å². The molecule has 0 saturated heterocycles. The van der Waals surface area contributed by atoms with Crippen molar-refractivity contribution in [3.8, 4) is 0 Å². The van der Waals surface area contributed by atoms with E-state index in [2.05, 4.69) is 0 Å². The van der Waals surface area contributed by atoms with Crippen LogP contribution in [0.1, 0.15) is 28.9 Å². The lowest BCUT2D eigenvalue weighted by atomic mass is 9.97. The summed E-state index contributed by atoms with van der Waals surface area (Å²) in [6, 6.07) is 5.52. The Morgan fingerprint density at radius 2 is 1.94 bits per heavy atom. The van der Waals surface area contributed by atoms with E-state index in [0.717, 1.165) is 0 Å². The normalized spacial score (nSPS) is 14.2. The number of ketones is 1. The number of carbonyl (C=O) groups excluding carboxylic acids is 2. The molecule has 1 rings (SSSR count). The third-order valence-electron chi connectivity index (χ3n) is 2.15. The second-order valence-corrected chi connectivity index (χ2v) is 3.82. The summed E-state index contributed by atoms with van der Waals surface area (Å²) in [5, 5.41) is 8.61. The van der Waals surface area contributed by atoms with Gasteiger partial charge in [0.2, 0.25) is 0 Å². The summed E-state index contributed by atoms with van der Waals surface area (Å²) in [4.78, 5) is 22.6. The van der Waals surface area contributed by atoms with E-state index in [1.807, 2.05) is 0 Å². The fourth-order valence-electron chi connectivity index (χ4n) is 1.33. The first-order chi connectivity index (χ1) is 7.45. The van der Waals surface area contributed by atoms with Gasteiger partial charge in [-0.2, -0.15) is 0 Å². The van der Waals surface area contributed by atoms with Crippen LogP contribution in [0.25, 0.3) is 0 Å².